The number of rotatable bonds is 3. The van der Waals surface area contributed by atoms with Crippen molar-refractivity contribution < 1.29 is 4.79 Å². The molecule has 0 spiro atoms. The number of nitrogens with one attached hydrogen (secondary N) is 1. The molecule has 6 heteroatoms. The maximum Gasteiger partial charge on any atom is 0.217 e. The number of tetrazole rings is 1. The van der Waals surface area contributed by atoms with Crippen molar-refractivity contribution in [2.24, 2.45) is 5.92 Å². The summed E-state index contributed by atoms with van der Waals surface area (Å²) in [7, 11) is 0. The molecule has 0 saturated heterocycles. The third-order valence-electron chi connectivity index (χ3n) is 4.44. The van der Waals surface area contributed by atoms with Crippen molar-refractivity contribution in [3.8, 4) is 5.69 Å². The molecule has 0 unspecified atom stereocenters. The Morgan fingerprint density at radius 2 is 1.95 bits per heavy atom. The molecule has 1 fully saturated rings. The number of hydrogen-bond acceptors (Lipinski definition) is 4. The molecule has 1 aliphatic carbocycles. The number of benzene rings is 1. The lowest BCUT2D eigenvalue weighted by Crippen LogP contribution is -2.49. The van der Waals surface area contributed by atoms with Crippen LogP contribution in [0, 0.1) is 5.92 Å². The molecule has 1 heterocycles. The fourth-order valence-corrected chi connectivity index (χ4v) is 3.23. The first-order valence-corrected chi connectivity index (χ1v) is 7.74. The second-order valence-electron chi connectivity index (χ2n) is 6.20. The molecule has 6 nitrogen and oxygen atoms in total. The highest BCUT2D eigenvalue weighted by Gasteiger charge is 2.41. The Hall–Kier alpha value is -2.24. The van der Waals surface area contributed by atoms with E-state index in [4.69, 9.17) is 0 Å². The average molecular weight is 299 g/mol. The summed E-state index contributed by atoms with van der Waals surface area (Å²) in [5.41, 5.74) is 0.434. The van der Waals surface area contributed by atoms with E-state index in [1.165, 1.54) is 0 Å². The van der Waals surface area contributed by atoms with Crippen LogP contribution in [-0.2, 0) is 10.3 Å². The van der Waals surface area contributed by atoms with E-state index in [0.717, 1.165) is 37.2 Å². The number of amides is 1. The molecule has 0 atom stereocenters. The summed E-state index contributed by atoms with van der Waals surface area (Å²) in [4.78, 5) is 11.8. The zero-order valence-corrected chi connectivity index (χ0v) is 13.0. The fourth-order valence-electron chi connectivity index (χ4n) is 3.23. The summed E-state index contributed by atoms with van der Waals surface area (Å²) in [6, 6.07) is 9.79. The van der Waals surface area contributed by atoms with Gasteiger partial charge in [0.25, 0.3) is 0 Å². The highest BCUT2D eigenvalue weighted by Crippen LogP contribution is 2.38. The Morgan fingerprint density at radius 3 is 2.59 bits per heavy atom. The van der Waals surface area contributed by atoms with E-state index in [0.29, 0.717) is 5.92 Å². The minimum Gasteiger partial charge on any atom is -0.344 e. The fraction of sp³-hybridized carbons (Fsp3) is 0.500. The van der Waals surface area contributed by atoms with Crippen LogP contribution in [0.2, 0.25) is 0 Å². The standard InChI is InChI=1S/C16H21N5O/c1-12-8-10-16(11-9-12,17-13(2)22)15-18-19-20-21(15)14-6-4-3-5-7-14/h3-7,12H,8-11H2,1-2H3,(H,17,22). The molecular formula is C16H21N5O. The van der Waals surface area contributed by atoms with Crippen LogP contribution in [0.15, 0.2) is 30.3 Å². The van der Waals surface area contributed by atoms with Gasteiger partial charge in [-0.1, -0.05) is 25.1 Å². The summed E-state index contributed by atoms with van der Waals surface area (Å²) >= 11 is 0. The zero-order chi connectivity index (χ0) is 15.6. The number of para-hydroxylation sites is 1. The van der Waals surface area contributed by atoms with E-state index in [9.17, 15) is 4.79 Å². The number of hydrogen-bond donors (Lipinski definition) is 1. The first-order valence-electron chi connectivity index (χ1n) is 7.74. The van der Waals surface area contributed by atoms with Gasteiger partial charge >= 0.3 is 0 Å². The normalized spacial score (nSPS) is 24.9. The van der Waals surface area contributed by atoms with Gasteiger partial charge in [0, 0.05) is 6.92 Å². The molecule has 1 saturated carbocycles. The molecule has 1 aromatic heterocycles. The monoisotopic (exact) mass is 299 g/mol. The summed E-state index contributed by atoms with van der Waals surface area (Å²) in [6.45, 7) is 3.80. The number of carbonyl (C=O) groups excluding carboxylic acids is 1. The first-order chi connectivity index (χ1) is 10.6. The van der Waals surface area contributed by atoms with Gasteiger partial charge in [-0.05, 0) is 54.2 Å². The van der Waals surface area contributed by atoms with E-state index in [1.54, 1.807) is 11.6 Å². The molecule has 1 amide bonds. The second-order valence-corrected chi connectivity index (χ2v) is 6.20. The second kappa shape index (κ2) is 5.87. The Bertz CT molecular complexity index is 644. The van der Waals surface area contributed by atoms with Gasteiger partial charge in [0.1, 0.15) is 5.54 Å². The van der Waals surface area contributed by atoms with Gasteiger partial charge < -0.3 is 5.32 Å². The smallest absolute Gasteiger partial charge is 0.217 e. The van der Waals surface area contributed by atoms with Crippen LogP contribution >= 0.6 is 0 Å². The van der Waals surface area contributed by atoms with Gasteiger partial charge in [-0.2, -0.15) is 4.68 Å². The molecular weight excluding hydrogens is 278 g/mol. The van der Waals surface area contributed by atoms with Crippen LogP contribution in [0.1, 0.15) is 45.4 Å². The van der Waals surface area contributed by atoms with E-state index < -0.39 is 5.54 Å². The van der Waals surface area contributed by atoms with E-state index in [1.807, 2.05) is 30.3 Å². The number of carbonyl (C=O) groups is 1. The molecule has 22 heavy (non-hydrogen) atoms. The topological polar surface area (TPSA) is 72.7 Å². The minimum atomic E-state index is -0.475. The molecule has 1 N–H and O–H groups in total. The Kier molecular flexibility index (Phi) is 3.92. The molecule has 0 aliphatic heterocycles. The number of aromatic nitrogens is 4. The van der Waals surface area contributed by atoms with Crippen molar-refractivity contribution in [3.63, 3.8) is 0 Å². The predicted octanol–water partition coefficient (Wildman–Crippen LogP) is 2.20. The van der Waals surface area contributed by atoms with Gasteiger partial charge in [0.2, 0.25) is 5.91 Å². The molecule has 3 rings (SSSR count). The highest BCUT2D eigenvalue weighted by atomic mass is 16.1. The lowest BCUT2D eigenvalue weighted by Gasteiger charge is -2.38. The maximum atomic E-state index is 11.8. The summed E-state index contributed by atoms with van der Waals surface area (Å²) in [6.07, 6.45) is 3.84. The minimum absolute atomic E-state index is 0.0443. The molecule has 1 aromatic carbocycles. The lowest BCUT2D eigenvalue weighted by atomic mass is 9.76. The van der Waals surface area contributed by atoms with Gasteiger partial charge in [-0.15, -0.1) is 5.10 Å². The van der Waals surface area contributed by atoms with Crippen molar-refractivity contribution in [3.05, 3.63) is 36.2 Å². The van der Waals surface area contributed by atoms with E-state index in [-0.39, 0.29) is 5.91 Å². The lowest BCUT2D eigenvalue weighted by molar-refractivity contribution is -0.121. The van der Waals surface area contributed by atoms with Crippen LogP contribution in [0.25, 0.3) is 5.69 Å². The van der Waals surface area contributed by atoms with Crippen molar-refractivity contribution in [1.29, 1.82) is 0 Å². The van der Waals surface area contributed by atoms with Crippen LogP contribution in [0.4, 0.5) is 0 Å². The van der Waals surface area contributed by atoms with Gasteiger partial charge in [0.15, 0.2) is 5.82 Å². The maximum absolute atomic E-state index is 11.8. The predicted molar refractivity (Wildman–Crippen MR) is 82.3 cm³/mol. The molecule has 0 bridgehead atoms. The molecule has 2 aromatic rings. The molecule has 1 aliphatic rings. The SMILES string of the molecule is CC(=O)NC1(c2nnnn2-c2ccccc2)CCC(C)CC1. The summed E-state index contributed by atoms with van der Waals surface area (Å²) in [5, 5.41) is 15.4. The van der Waals surface area contributed by atoms with Crippen molar-refractivity contribution in [1.82, 2.24) is 25.5 Å². The molecule has 0 radical (unpaired) electrons. The van der Waals surface area contributed by atoms with Crippen LogP contribution in [0.5, 0.6) is 0 Å². The summed E-state index contributed by atoms with van der Waals surface area (Å²) in [5.74, 6) is 1.35. The van der Waals surface area contributed by atoms with Crippen molar-refractivity contribution >= 4 is 5.91 Å². The van der Waals surface area contributed by atoms with Gasteiger partial charge in [0.05, 0.1) is 5.69 Å². The highest BCUT2D eigenvalue weighted by molar-refractivity contribution is 5.74. The third kappa shape index (κ3) is 2.73. The first kappa shape index (κ1) is 14.7. The third-order valence-corrected chi connectivity index (χ3v) is 4.44. The Morgan fingerprint density at radius 1 is 1.27 bits per heavy atom. The molecule has 116 valence electrons. The average Bonchev–Trinajstić information content (AvgIpc) is 3.00. The quantitative estimate of drug-likeness (QED) is 0.943. The van der Waals surface area contributed by atoms with Gasteiger partial charge in [-0.3, -0.25) is 4.79 Å². The van der Waals surface area contributed by atoms with E-state index >= 15 is 0 Å². The summed E-state index contributed by atoms with van der Waals surface area (Å²) < 4.78 is 1.74. The Balaban J connectivity index is 2.03. The Labute approximate surface area is 129 Å². The van der Waals surface area contributed by atoms with Gasteiger partial charge in [-0.25, -0.2) is 0 Å². The van der Waals surface area contributed by atoms with Crippen molar-refractivity contribution in [2.45, 2.75) is 45.1 Å². The van der Waals surface area contributed by atoms with Crippen molar-refractivity contribution in [2.75, 3.05) is 0 Å². The largest absolute Gasteiger partial charge is 0.344 e. The zero-order valence-electron chi connectivity index (χ0n) is 13.0. The number of nitrogens with zero attached hydrogens (tertiary/aromatic N) is 4. The van der Waals surface area contributed by atoms with Crippen LogP contribution in [0.3, 0.4) is 0 Å². The van der Waals surface area contributed by atoms with Crippen LogP contribution in [-0.4, -0.2) is 26.1 Å². The van der Waals surface area contributed by atoms with E-state index in [2.05, 4.69) is 27.8 Å². The van der Waals surface area contributed by atoms with Crippen LogP contribution < -0.4 is 5.32 Å².